The summed E-state index contributed by atoms with van der Waals surface area (Å²) in [6.07, 6.45) is 1.75. The Morgan fingerprint density at radius 1 is 1.33 bits per heavy atom. The van der Waals surface area contributed by atoms with Gasteiger partial charge in [0.15, 0.2) is 0 Å². The van der Waals surface area contributed by atoms with E-state index in [1.807, 2.05) is 36.0 Å². The van der Waals surface area contributed by atoms with E-state index in [4.69, 9.17) is 9.94 Å². The number of ether oxygens (including phenoxy) is 1. The Morgan fingerprint density at radius 3 is 2.67 bits per heavy atom. The molecule has 0 bridgehead atoms. The molecular weight excluding hydrogens is 246 g/mol. The fourth-order valence-electron chi connectivity index (χ4n) is 1.53. The van der Waals surface area contributed by atoms with Gasteiger partial charge in [-0.25, -0.2) is 0 Å². The lowest BCUT2D eigenvalue weighted by molar-refractivity contribution is 0.317. The first-order valence-electron chi connectivity index (χ1n) is 6.23. The van der Waals surface area contributed by atoms with Crippen LogP contribution < -0.4 is 4.74 Å². The molecule has 0 heterocycles. The van der Waals surface area contributed by atoms with Crippen molar-refractivity contribution in [3.8, 4) is 5.75 Å². The molecule has 100 valence electrons. The van der Waals surface area contributed by atoms with Crippen molar-refractivity contribution >= 4 is 17.5 Å². The predicted octanol–water partition coefficient (Wildman–Crippen LogP) is 3.60. The lowest BCUT2D eigenvalue weighted by Crippen LogP contribution is -2.00. The van der Waals surface area contributed by atoms with Crippen LogP contribution in [0.2, 0.25) is 0 Å². The molecule has 0 aliphatic carbocycles. The zero-order chi connectivity index (χ0) is 13.2. The maximum atomic E-state index is 8.60. The molecule has 1 N–H and O–H groups in total. The van der Waals surface area contributed by atoms with Gasteiger partial charge in [-0.3, -0.25) is 0 Å². The first kappa shape index (κ1) is 14.9. The number of hydrogen-bond acceptors (Lipinski definition) is 4. The molecule has 0 aliphatic heterocycles. The Morgan fingerprint density at radius 2 is 2.06 bits per heavy atom. The van der Waals surface area contributed by atoms with Gasteiger partial charge >= 0.3 is 0 Å². The van der Waals surface area contributed by atoms with Crippen molar-refractivity contribution in [1.82, 2.24) is 0 Å². The van der Waals surface area contributed by atoms with Crippen LogP contribution in [0, 0.1) is 0 Å². The number of hydrogen-bond donors (Lipinski definition) is 1. The standard InChI is InChI=1S/C14H21NO2S/c1-3-18-10-4-9-17-14-7-5-13(6-8-14)11-12(2)15-16/h5-8,16H,3-4,9-11H2,1-2H3/b15-12+. The molecule has 0 saturated heterocycles. The number of thioether (sulfide) groups is 1. The highest BCUT2D eigenvalue weighted by atomic mass is 32.2. The molecule has 0 spiro atoms. The van der Waals surface area contributed by atoms with Crippen LogP contribution in [0.15, 0.2) is 29.4 Å². The normalized spacial score (nSPS) is 11.6. The third-order valence-electron chi connectivity index (χ3n) is 2.46. The van der Waals surface area contributed by atoms with Crippen molar-refractivity contribution in [3.05, 3.63) is 29.8 Å². The Hall–Kier alpha value is -1.16. The van der Waals surface area contributed by atoms with Crippen LogP contribution in [-0.4, -0.2) is 29.0 Å². The second-order valence-corrected chi connectivity index (χ2v) is 5.45. The molecule has 1 aromatic carbocycles. The highest BCUT2D eigenvalue weighted by Gasteiger charge is 1.98. The van der Waals surface area contributed by atoms with Crippen LogP contribution in [0.4, 0.5) is 0 Å². The summed E-state index contributed by atoms with van der Waals surface area (Å²) in [7, 11) is 0. The lowest BCUT2D eigenvalue weighted by Gasteiger charge is -2.06. The molecule has 0 unspecified atom stereocenters. The van der Waals surface area contributed by atoms with E-state index in [1.54, 1.807) is 6.92 Å². The van der Waals surface area contributed by atoms with Crippen LogP contribution in [0.25, 0.3) is 0 Å². The molecule has 0 saturated carbocycles. The Bertz CT molecular complexity index is 363. The van der Waals surface area contributed by atoms with Crippen molar-refractivity contribution < 1.29 is 9.94 Å². The van der Waals surface area contributed by atoms with Gasteiger partial charge in [0.05, 0.1) is 12.3 Å². The number of rotatable bonds is 8. The summed E-state index contributed by atoms with van der Waals surface area (Å²) in [6, 6.07) is 7.94. The van der Waals surface area contributed by atoms with Crippen LogP contribution in [-0.2, 0) is 6.42 Å². The van der Waals surface area contributed by atoms with E-state index in [0.29, 0.717) is 12.1 Å². The summed E-state index contributed by atoms with van der Waals surface area (Å²) in [5.41, 5.74) is 1.83. The van der Waals surface area contributed by atoms with Gasteiger partial charge < -0.3 is 9.94 Å². The minimum Gasteiger partial charge on any atom is -0.494 e. The molecule has 3 nitrogen and oxygen atoms in total. The lowest BCUT2D eigenvalue weighted by atomic mass is 10.1. The molecule has 0 atom stereocenters. The Kier molecular flexibility index (Phi) is 7.34. The minimum absolute atomic E-state index is 0.671. The molecular formula is C14H21NO2S. The minimum atomic E-state index is 0.671. The average Bonchev–Trinajstić information content (AvgIpc) is 2.40. The van der Waals surface area contributed by atoms with E-state index in [2.05, 4.69) is 12.1 Å². The topological polar surface area (TPSA) is 41.8 Å². The molecule has 4 heteroatoms. The van der Waals surface area contributed by atoms with Gasteiger partial charge in [0.2, 0.25) is 0 Å². The van der Waals surface area contributed by atoms with Crippen molar-refractivity contribution in [3.63, 3.8) is 0 Å². The molecule has 0 aliphatic rings. The number of benzene rings is 1. The highest BCUT2D eigenvalue weighted by molar-refractivity contribution is 7.99. The summed E-state index contributed by atoms with van der Waals surface area (Å²) in [5.74, 6) is 3.22. The summed E-state index contributed by atoms with van der Waals surface area (Å²) < 4.78 is 5.65. The summed E-state index contributed by atoms with van der Waals surface area (Å²) in [5, 5.41) is 11.8. The zero-order valence-electron chi connectivity index (χ0n) is 11.1. The van der Waals surface area contributed by atoms with Gasteiger partial charge in [-0.1, -0.05) is 24.2 Å². The van der Waals surface area contributed by atoms with Gasteiger partial charge in [-0.15, -0.1) is 0 Å². The molecule has 0 amide bonds. The summed E-state index contributed by atoms with van der Waals surface area (Å²) >= 11 is 1.94. The second kappa shape index (κ2) is 8.86. The monoisotopic (exact) mass is 267 g/mol. The Balaban J connectivity index is 2.31. The zero-order valence-corrected chi connectivity index (χ0v) is 11.9. The largest absolute Gasteiger partial charge is 0.494 e. The first-order valence-corrected chi connectivity index (χ1v) is 7.38. The van der Waals surface area contributed by atoms with Crippen LogP contribution in [0.5, 0.6) is 5.75 Å². The van der Waals surface area contributed by atoms with Crippen molar-refractivity contribution in [2.75, 3.05) is 18.1 Å². The van der Waals surface area contributed by atoms with E-state index in [1.165, 1.54) is 5.75 Å². The van der Waals surface area contributed by atoms with Crippen LogP contribution in [0.3, 0.4) is 0 Å². The van der Waals surface area contributed by atoms with E-state index in [-0.39, 0.29) is 0 Å². The molecule has 1 aromatic rings. The van der Waals surface area contributed by atoms with Gasteiger partial charge in [0, 0.05) is 6.42 Å². The summed E-state index contributed by atoms with van der Waals surface area (Å²) in [6.45, 7) is 4.74. The fourth-order valence-corrected chi connectivity index (χ4v) is 2.14. The average molecular weight is 267 g/mol. The van der Waals surface area contributed by atoms with Gasteiger partial charge in [-0.05, 0) is 42.5 Å². The summed E-state index contributed by atoms with van der Waals surface area (Å²) in [4.78, 5) is 0. The predicted molar refractivity (Wildman–Crippen MR) is 78.2 cm³/mol. The Labute approximate surface area is 113 Å². The maximum absolute atomic E-state index is 8.60. The third-order valence-corrected chi connectivity index (χ3v) is 3.45. The van der Waals surface area contributed by atoms with Gasteiger partial charge in [0.25, 0.3) is 0 Å². The maximum Gasteiger partial charge on any atom is 0.119 e. The van der Waals surface area contributed by atoms with Crippen LogP contribution >= 0.6 is 11.8 Å². The second-order valence-electron chi connectivity index (χ2n) is 4.05. The molecule has 0 radical (unpaired) electrons. The molecule has 0 aromatic heterocycles. The quantitative estimate of drug-likeness (QED) is 0.339. The number of oxime groups is 1. The fraction of sp³-hybridized carbons (Fsp3) is 0.500. The molecule has 1 rings (SSSR count). The van der Waals surface area contributed by atoms with Crippen LogP contribution in [0.1, 0.15) is 25.8 Å². The highest BCUT2D eigenvalue weighted by Crippen LogP contribution is 2.13. The molecule has 0 fully saturated rings. The molecule has 18 heavy (non-hydrogen) atoms. The van der Waals surface area contributed by atoms with E-state index in [0.717, 1.165) is 30.1 Å². The van der Waals surface area contributed by atoms with Crippen molar-refractivity contribution in [2.45, 2.75) is 26.7 Å². The van der Waals surface area contributed by atoms with Gasteiger partial charge in [-0.2, -0.15) is 11.8 Å². The first-order chi connectivity index (χ1) is 8.76. The van der Waals surface area contributed by atoms with Gasteiger partial charge in [0.1, 0.15) is 5.75 Å². The SMILES string of the molecule is CCSCCCOc1ccc(C/C(C)=N/O)cc1. The smallest absolute Gasteiger partial charge is 0.119 e. The van der Waals surface area contributed by atoms with Crippen molar-refractivity contribution in [2.24, 2.45) is 5.16 Å². The van der Waals surface area contributed by atoms with E-state index < -0.39 is 0 Å². The third kappa shape index (κ3) is 5.96. The van der Waals surface area contributed by atoms with Crippen molar-refractivity contribution in [1.29, 1.82) is 0 Å². The van der Waals surface area contributed by atoms with E-state index in [9.17, 15) is 0 Å². The number of nitrogens with zero attached hydrogens (tertiary/aromatic N) is 1. The van der Waals surface area contributed by atoms with E-state index >= 15 is 0 Å².